The Morgan fingerprint density at radius 3 is 2.21 bits per heavy atom. The van der Waals surface area contributed by atoms with Gasteiger partial charge in [0.1, 0.15) is 0 Å². The van der Waals surface area contributed by atoms with Crippen LogP contribution in [0.1, 0.15) is 75.2 Å². The first-order valence-corrected chi connectivity index (χ1v) is 12.1. The second-order valence-corrected chi connectivity index (χ2v) is 11.3. The topological polar surface area (TPSA) is 40.6 Å². The van der Waals surface area contributed by atoms with Crippen molar-refractivity contribution >= 4 is 23.6 Å². The van der Waals surface area contributed by atoms with Crippen molar-refractivity contribution in [1.82, 2.24) is 9.80 Å². The number of hydrogen-bond acceptors (Lipinski definition) is 3. The summed E-state index contributed by atoms with van der Waals surface area (Å²) in [5, 5.41) is 0. The Bertz CT molecular complexity index is 754. The minimum absolute atomic E-state index is 0.0768. The van der Waals surface area contributed by atoms with Gasteiger partial charge in [-0.3, -0.25) is 9.59 Å². The highest BCUT2D eigenvalue weighted by Crippen LogP contribution is 2.45. The van der Waals surface area contributed by atoms with Crippen molar-refractivity contribution in [3.8, 4) is 0 Å². The number of carbonyl (C=O) groups excluding carboxylic acids is 2. The lowest BCUT2D eigenvalue weighted by Gasteiger charge is -2.44. The van der Waals surface area contributed by atoms with Gasteiger partial charge in [-0.25, -0.2) is 0 Å². The van der Waals surface area contributed by atoms with Crippen LogP contribution in [0.5, 0.6) is 0 Å². The molecule has 4 rings (SSSR count). The summed E-state index contributed by atoms with van der Waals surface area (Å²) >= 11 is 1.94. The van der Waals surface area contributed by atoms with Gasteiger partial charge in [-0.05, 0) is 48.8 Å². The summed E-state index contributed by atoms with van der Waals surface area (Å²) in [4.78, 5) is 30.2. The molecular formula is C24H34N2O2S. The van der Waals surface area contributed by atoms with Gasteiger partial charge in [0.15, 0.2) is 0 Å². The zero-order chi connectivity index (χ0) is 20.6. The van der Waals surface area contributed by atoms with Crippen LogP contribution < -0.4 is 0 Å². The fourth-order valence-corrected chi connectivity index (χ4v) is 6.54. The van der Waals surface area contributed by atoms with Crippen LogP contribution in [-0.4, -0.2) is 51.9 Å². The molecule has 4 nitrogen and oxygen atoms in total. The number of amides is 2. The summed E-state index contributed by atoms with van der Waals surface area (Å²) < 4.78 is 0. The van der Waals surface area contributed by atoms with Crippen LogP contribution in [0.3, 0.4) is 0 Å². The predicted octanol–water partition coefficient (Wildman–Crippen LogP) is 4.68. The van der Waals surface area contributed by atoms with E-state index in [4.69, 9.17) is 0 Å². The quantitative estimate of drug-likeness (QED) is 0.705. The van der Waals surface area contributed by atoms with Gasteiger partial charge in [0.25, 0.3) is 5.91 Å². The van der Waals surface area contributed by atoms with Crippen molar-refractivity contribution in [3.63, 3.8) is 0 Å². The molecule has 1 saturated carbocycles. The van der Waals surface area contributed by atoms with Crippen molar-refractivity contribution in [1.29, 1.82) is 0 Å². The van der Waals surface area contributed by atoms with Crippen LogP contribution in [0, 0.1) is 5.92 Å². The molecule has 0 atom stereocenters. The Balaban J connectivity index is 1.40. The van der Waals surface area contributed by atoms with Crippen LogP contribution in [0.25, 0.3) is 0 Å². The molecule has 3 aliphatic rings. The lowest BCUT2D eigenvalue weighted by molar-refractivity contribution is -0.138. The summed E-state index contributed by atoms with van der Waals surface area (Å²) in [5.74, 6) is 1.77. The van der Waals surface area contributed by atoms with Crippen molar-refractivity contribution in [2.45, 2.75) is 69.6 Å². The molecule has 1 aromatic carbocycles. The Morgan fingerprint density at radius 1 is 1.00 bits per heavy atom. The van der Waals surface area contributed by atoms with Gasteiger partial charge in [0.2, 0.25) is 5.91 Å². The minimum atomic E-state index is -0.0768. The average molecular weight is 415 g/mol. The van der Waals surface area contributed by atoms with E-state index in [0.29, 0.717) is 5.91 Å². The van der Waals surface area contributed by atoms with Crippen LogP contribution in [0.15, 0.2) is 24.3 Å². The third-order valence-electron chi connectivity index (χ3n) is 6.98. The molecule has 158 valence electrons. The second-order valence-electron chi connectivity index (χ2n) is 9.89. The SMILES string of the molecule is CC(C)(C)c1ccc(C(=O)N2CCC3(CC2)SCCN3C(=O)C2CCCC2)cc1. The van der Waals surface area contributed by atoms with Crippen LogP contribution in [0.4, 0.5) is 0 Å². The van der Waals surface area contributed by atoms with E-state index in [1.165, 1.54) is 18.4 Å². The average Bonchev–Trinajstić information content (AvgIpc) is 3.38. The normalized spacial score (nSPS) is 22.4. The first kappa shape index (κ1) is 20.8. The third-order valence-corrected chi connectivity index (χ3v) is 8.53. The maximum absolute atomic E-state index is 13.1. The first-order valence-electron chi connectivity index (χ1n) is 11.2. The Morgan fingerprint density at radius 2 is 1.62 bits per heavy atom. The lowest BCUT2D eigenvalue weighted by atomic mass is 9.86. The van der Waals surface area contributed by atoms with Crippen molar-refractivity contribution in [2.75, 3.05) is 25.4 Å². The molecule has 0 radical (unpaired) electrons. The molecule has 2 saturated heterocycles. The summed E-state index contributed by atoms with van der Waals surface area (Å²) in [7, 11) is 0. The molecule has 0 bridgehead atoms. The van der Waals surface area contributed by atoms with Gasteiger partial charge in [-0.2, -0.15) is 0 Å². The standard InChI is InChI=1S/C24H34N2O2S/c1-23(2,3)20-10-8-19(9-11-20)21(27)25-14-12-24(13-15-25)26(16-17-29-24)22(28)18-6-4-5-7-18/h8-11,18H,4-7,12-17H2,1-3H3. The van der Waals surface area contributed by atoms with Crippen LogP contribution in [-0.2, 0) is 10.2 Å². The van der Waals surface area contributed by atoms with Crippen LogP contribution in [0.2, 0.25) is 0 Å². The highest BCUT2D eigenvalue weighted by atomic mass is 32.2. The van der Waals surface area contributed by atoms with Gasteiger partial charge in [-0.1, -0.05) is 45.7 Å². The molecule has 2 aliphatic heterocycles. The van der Waals surface area contributed by atoms with Gasteiger partial charge in [-0.15, -0.1) is 11.8 Å². The van der Waals surface area contributed by atoms with E-state index >= 15 is 0 Å². The minimum Gasteiger partial charge on any atom is -0.338 e. The monoisotopic (exact) mass is 414 g/mol. The van der Waals surface area contributed by atoms with E-state index in [-0.39, 0.29) is 22.1 Å². The lowest BCUT2D eigenvalue weighted by Crippen LogP contribution is -2.54. The molecule has 29 heavy (non-hydrogen) atoms. The third kappa shape index (κ3) is 4.08. The van der Waals surface area contributed by atoms with Crippen molar-refractivity contribution in [3.05, 3.63) is 35.4 Å². The molecule has 0 unspecified atom stereocenters. The summed E-state index contributed by atoms with van der Waals surface area (Å²) in [6.07, 6.45) is 6.29. The summed E-state index contributed by atoms with van der Waals surface area (Å²) in [5.41, 5.74) is 2.11. The van der Waals surface area contributed by atoms with E-state index in [2.05, 4.69) is 37.8 Å². The zero-order valence-corrected chi connectivity index (χ0v) is 18.9. The fourth-order valence-electron chi connectivity index (χ4n) is 5.08. The maximum Gasteiger partial charge on any atom is 0.253 e. The number of carbonyl (C=O) groups is 2. The molecule has 1 spiro atoms. The number of rotatable bonds is 2. The Hall–Kier alpha value is -1.49. The van der Waals surface area contributed by atoms with Crippen molar-refractivity contribution < 1.29 is 9.59 Å². The first-order chi connectivity index (χ1) is 13.8. The zero-order valence-electron chi connectivity index (χ0n) is 18.1. The van der Waals surface area contributed by atoms with E-state index in [0.717, 1.165) is 56.6 Å². The number of piperidine rings is 1. The largest absolute Gasteiger partial charge is 0.338 e. The highest BCUT2D eigenvalue weighted by Gasteiger charge is 2.48. The predicted molar refractivity (Wildman–Crippen MR) is 119 cm³/mol. The van der Waals surface area contributed by atoms with Gasteiger partial charge < -0.3 is 9.80 Å². The molecule has 2 amide bonds. The van der Waals surface area contributed by atoms with Gasteiger partial charge in [0, 0.05) is 36.9 Å². The summed E-state index contributed by atoms with van der Waals surface area (Å²) in [6, 6.07) is 8.09. The van der Waals surface area contributed by atoms with E-state index in [9.17, 15) is 9.59 Å². The Labute approximate surface area is 179 Å². The highest BCUT2D eigenvalue weighted by molar-refractivity contribution is 8.00. The molecular weight excluding hydrogens is 380 g/mol. The van der Waals surface area contributed by atoms with Crippen molar-refractivity contribution in [2.24, 2.45) is 5.92 Å². The van der Waals surface area contributed by atoms with Gasteiger partial charge in [0.05, 0.1) is 4.87 Å². The number of nitrogens with zero attached hydrogens (tertiary/aromatic N) is 2. The van der Waals surface area contributed by atoms with E-state index in [1.807, 2.05) is 28.8 Å². The van der Waals surface area contributed by atoms with Crippen LogP contribution >= 0.6 is 11.8 Å². The number of hydrogen-bond donors (Lipinski definition) is 0. The van der Waals surface area contributed by atoms with Gasteiger partial charge >= 0.3 is 0 Å². The Kier molecular flexibility index (Phi) is 5.71. The smallest absolute Gasteiger partial charge is 0.253 e. The van der Waals surface area contributed by atoms with E-state index < -0.39 is 0 Å². The van der Waals surface area contributed by atoms with E-state index in [1.54, 1.807) is 0 Å². The molecule has 5 heteroatoms. The molecule has 3 fully saturated rings. The number of thioether (sulfide) groups is 1. The molecule has 1 aromatic rings. The second kappa shape index (κ2) is 7.98. The molecule has 2 heterocycles. The maximum atomic E-state index is 13.1. The fraction of sp³-hybridized carbons (Fsp3) is 0.667. The molecule has 1 aliphatic carbocycles. The molecule has 0 N–H and O–H groups in total. The number of likely N-dealkylation sites (tertiary alicyclic amines) is 1. The summed E-state index contributed by atoms with van der Waals surface area (Å²) in [6.45, 7) is 8.91. The molecule has 0 aromatic heterocycles. The number of benzene rings is 1.